The van der Waals surface area contributed by atoms with Crippen LogP contribution in [0.5, 0.6) is 0 Å². The highest BCUT2D eigenvalue weighted by molar-refractivity contribution is 7.94. The smallest absolute Gasteiger partial charge is 0.330 e. The molecule has 0 aromatic heterocycles. The molecule has 1 atom stereocenters. The summed E-state index contributed by atoms with van der Waals surface area (Å²) in [6.45, 7) is 14.7. The van der Waals surface area contributed by atoms with Crippen molar-refractivity contribution in [3.8, 4) is 22.3 Å². The zero-order valence-corrected chi connectivity index (χ0v) is 27.1. The minimum atomic E-state index is -1.02. The second kappa shape index (κ2) is 10.1. The fraction of sp³-hybridized carbons (Fsp3) is 0.351. The molecule has 43 heavy (non-hydrogen) atoms. The van der Waals surface area contributed by atoms with Crippen LogP contribution in [0.2, 0.25) is 0 Å². The van der Waals surface area contributed by atoms with Gasteiger partial charge >= 0.3 is 7.48 Å². The van der Waals surface area contributed by atoms with Crippen LogP contribution in [0.25, 0.3) is 22.3 Å². The Bertz CT molecular complexity index is 1580. The van der Waals surface area contributed by atoms with Gasteiger partial charge in [0.25, 0.3) is 0 Å². The molecular weight excluding hydrogens is 551 g/mol. The van der Waals surface area contributed by atoms with Crippen molar-refractivity contribution in [3.05, 3.63) is 107 Å². The molecule has 0 saturated carbocycles. The van der Waals surface area contributed by atoms with Crippen molar-refractivity contribution in [3.63, 3.8) is 0 Å². The first-order valence-electron chi connectivity index (χ1n) is 14.9. The zero-order valence-electron chi connectivity index (χ0n) is 26.3. The van der Waals surface area contributed by atoms with Crippen molar-refractivity contribution in [2.45, 2.75) is 88.1 Å². The molecule has 0 saturated heterocycles. The van der Waals surface area contributed by atoms with E-state index in [9.17, 15) is 10.2 Å². The number of hydrogen-bond acceptors (Lipinski definition) is 5. The normalized spacial score (nSPS) is 17.4. The van der Waals surface area contributed by atoms with Gasteiger partial charge in [-0.1, -0.05) is 78.3 Å². The van der Waals surface area contributed by atoms with Gasteiger partial charge in [0, 0.05) is 16.9 Å². The summed E-state index contributed by atoms with van der Waals surface area (Å²) in [5, 5.41) is 21.4. The molecule has 0 bridgehead atoms. The van der Waals surface area contributed by atoms with Crippen LogP contribution in [0.15, 0.2) is 89.8 Å². The predicted molar refractivity (Wildman–Crippen MR) is 177 cm³/mol. The maximum absolute atomic E-state index is 10.7. The highest BCUT2D eigenvalue weighted by Crippen LogP contribution is 2.62. The standard InChI is InChI=1S/C37H40BO4S/c1-33(2,39)35(5,6)41-38-23-17-19-27-25-13-9-11-15-29(25)37(31(27)21-23)30-16-12-10-14-26(30)28-20-18-24(22-32(28)37)43-42-36(7,8)34(3,4)40/h9-22,39-40H,1-8H3. The molecule has 2 aliphatic carbocycles. The molecule has 2 N–H and O–H groups in total. The fourth-order valence-corrected chi connectivity index (χ4v) is 6.67. The number of hydrogen-bond donors (Lipinski definition) is 2. The lowest BCUT2D eigenvalue weighted by Gasteiger charge is -2.37. The minimum absolute atomic E-state index is 0.518. The molecule has 2 aliphatic rings. The zero-order chi connectivity index (χ0) is 31.0. The van der Waals surface area contributed by atoms with Crippen molar-refractivity contribution in [2.75, 3.05) is 0 Å². The van der Waals surface area contributed by atoms with E-state index in [2.05, 4.69) is 84.9 Å². The largest absolute Gasteiger partial charge is 0.427 e. The van der Waals surface area contributed by atoms with Gasteiger partial charge in [-0.2, -0.15) is 0 Å². The van der Waals surface area contributed by atoms with Crippen molar-refractivity contribution in [1.82, 2.24) is 0 Å². The van der Waals surface area contributed by atoms with Crippen LogP contribution in [-0.4, -0.2) is 40.1 Å². The van der Waals surface area contributed by atoms with Gasteiger partial charge in [0.2, 0.25) is 0 Å². The topological polar surface area (TPSA) is 58.9 Å². The van der Waals surface area contributed by atoms with E-state index in [1.807, 2.05) is 27.7 Å². The summed E-state index contributed by atoms with van der Waals surface area (Å²) in [6, 6.07) is 30.5. The van der Waals surface area contributed by atoms with E-state index >= 15 is 0 Å². The van der Waals surface area contributed by atoms with Crippen molar-refractivity contribution >= 4 is 25.0 Å². The van der Waals surface area contributed by atoms with Crippen LogP contribution in [0.3, 0.4) is 0 Å². The number of aliphatic hydroxyl groups is 2. The molecule has 1 unspecified atom stereocenters. The first kappa shape index (κ1) is 30.2. The van der Waals surface area contributed by atoms with Gasteiger partial charge in [0.1, 0.15) is 5.60 Å². The maximum Gasteiger partial charge on any atom is 0.330 e. The average molecular weight is 592 g/mol. The van der Waals surface area contributed by atoms with Crippen LogP contribution in [0.4, 0.5) is 0 Å². The van der Waals surface area contributed by atoms with Gasteiger partial charge in [-0.05, 0) is 112 Å². The maximum atomic E-state index is 10.7. The van der Waals surface area contributed by atoms with E-state index in [-0.39, 0.29) is 0 Å². The van der Waals surface area contributed by atoms with E-state index < -0.39 is 27.8 Å². The van der Waals surface area contributed by atoms with E-state index in [0.717, 1.165) is 10.4 Å². The number of fused-ring (bicyclic) bond motifs is 10. The molecular formula is C37H40BO4S. The number of rotatable bonds is 8. The Kier molecular flexibility index (Phi) is 7.07. The van der Waals surface area contributed by atoms with Crippen molar-refractivity contribution in [2.24, 2.45) is 0 Å². The van der Waals surface area contributed by atoms with Gasteiger partial charge in [0.05, 0.1) is 22.2 Å². The molecule has 6 heteroatoms. The average Bonchev–Trinajstić information content (AvgIpc) is 3.40. The molecule has 0 amide bonds. The van der Waals surface area contributed by atoms with Gasteiger partial charge in [-0.25, -0.2) is 0 Å². The third kappa shape index (κ3) is 4.70. The third-order valence-electron chi connectivity index (χ3n) is 9.87. The summed E-state index contributed by atoms with van der Waals surface area (Å²) in [7, 11) is 1.77. The quantitative estimate of drug-likeness (QED) is 0.143. The summed E-state index contributed by atoms with van der Waals surface area (Å²) in [5.41, 5.74) is 6.65. The van der Waals surface area contributed by atoms with Crippen LogP contribution in [0.1, 0.15) is 77.6 Å². The first-order chi connectivity index (χ1) is 20.1. The summed E-state index contributed by atoms with van der Waals surface area (Å²) >= 11 is 1.31. The van der Waals surface area contributed by atoms with Gasteiger partial charge in [-0.15, -0.1) is 0 Å². The third-order valence-corrected chi connectivity index (χ3v) is 10.8. The molecule has 0 heterocycles. The lowest BCUT2D eigenvalue weighted by molar-refractivity contribution is -0.0893. The molecule has 0 aliphatic heterocycles. The van der Waals surface area contributed by atoms with Gasteiger partial charge in [0.15, 0.2) is 0 Å². The minimum Gasteiger partial charge on any atom is -0.427 e. The highest BCUT2D eigenvalue weighted by atomic mass is 32.2. The SMILES string of the molecule is CC(C)(O)C(C)(C)O[B]c1ccc2c(c1)C1(c3ccccc3-2)c2ccccc2-c2ccc(SOC(C)(C)C(C)(C)O)cc21. The van der Waals surface area contributed by atoms with E-state index in [1.54, 1.807) is 35.2 Å². The monoisotopic (exact) mass is 591 g/mol. The Hall–Kier alpha value is -2.87. The second-order valence-corrected chi connectivity index (χ2v) is 14.7. The van der Waals surface area contributed by atoms with Gasteiger partial charge < -0.3 is 19.1 Å². The van der Waals surface area contributed by atoms with Crippen molar-refractivity contribution in [1.29, 1.82) is 0 Å². The van der Waals surface area contributed by atoms with E-state index in [1.165, 1.54) is 56.6 Å². The highest BCUT2D eigenvalue weighted by Gasteiger charge is 2.52. The molecule has 4 aromatic carbocycles. The van der Waals surface area contributed by atoms with Crippen LogP contribution >= 0.6 is 12.0 Å². The lowest BCUT2D eigenvalue weighted by atomic mass is 9.69. The fourth-order valence-electron chi connectivity index (χ4n) is 5.87. The van der Waals surface area contributed by atoms with Crippen molar-refractivity contribution < 1.29 is 19.1 Å². The Morgan fingerprint density at radius 3 is 1.63 bits per heavy atom. The summed E-state index contributed by atoms with van der Waals surface area (Å²) in [4.78, 5) is 0.979. The predicted octanol–water partition coefficient (Wildman–Crippen LogP) is 7.41. The van der Waals surface area contributed by atoms with E-state index in [4.69, 9.17) is 8.84 Å². The Morgan fingerprint density at radius 1 is 0.581 bits per heavy atom. The molecule has 221 valence electrons. The lowest BCUT2D eigenvalue weighted by Crippen LogP contribution is -2.49. The molecule has 1 spiro atoms. The van der Waals surface area contributed by atoms with Crippen LogP contribution in [-0.2, 0) is 14.3 Å². The Labute approximate surface area is 261 Å². The number of benzene rings is 4. The molecule has 6 rings (SSSR count). The molecule has 0 fully saturated rings. The van der Waals surface area contributed by atoms with Gasteiger partial charge in [-0.3, -0.25) is 0 Å². The van der Waals surface area contributed by atoms with Crippen LogP contribution in [0, 0.1) is 0 Å². The van der Waals surface area contributed by atoms with E-state index in [0.29, 0.717) is 0 Å². The molecule has 4 aromatic rings. The molecule has 1 radical (unpaired) electrons. The summed E-state index contributed by atoms with van der Waals surface area (Å²) < 4.78 is 12.4. The Morgan fingerprint density at radius 2 is 1.07 bits per heavy atom. The summed E-state index contributed by atoms with van der Waals surface area (Å²) in [5.74, 6) is 0. The molecule has 4 nitrogen and oxygen atoms in total. The second-order valence-electron chi connectivity index (χ2n) is 13.9. The first-order valence-corrected chi connectivity index (χ1v) is 15.6. The Balaban J connectivity index is 1.52. The van der Waals surface area contributed by atoms with Crippen LogP contribution < -0.4 is 5.46 Å². The summed E-state index contributed by atoms with van der Waals surface area (Å²) in [6.07, 6.45) is 0.